The third-order valence-corrected chi connectivity index (χ3v) is 5.29. The van der Waals surface area contributed by atoms with Gasteiger partial charge in [0.05, 0.1) is 31.4 Å². The first-order valence-corrected chi connectivity index (χ1v) is 9.66. The van der Waals surface area contributed by atoms with Crippen molar-refractivity contribution in [2.75, 3.05) is 36.0 Å². The minimum Gasteiger partial charge on any atom is -0.442 e. The zero-order chi connectivity index (χ0) is 22.1. The Morgan fingerprint density at radius 2 is 2.03 bits per heavy atom. The number of alkyl halides is 1. The molecule has 0 bridgehead atoms. The summed E-state index contributed by atoms with van der Waals surface area (Å²) >= 11 is 0. The lowest BCUT2D eigenvalue weighted by molar-refractivity contribution is -0.119. The molecule has 0 saturated carbocycles. The van der Waals surface area contributed by atoms with E-state index < -0.39 is 36.0 Å². The highest BCUT2D eigenvalue weighted by Crippen LogP contribution is 2.34. The molecule has 2 amide bonds. The number of amides is 2. The molecule has 13 heteroatoms. The van der Waals surface area contributed by atoms with Crippen molar-refractivity contribution in [1.82, 2.24) is 25.5 Å². The summed E-state index contributed by atoms with van der Waals surface area (Å²) in [6, 6.07) is 1.42. The van der Waals surface area contributed by atoms with E-state index >= 15 is 0 Å². The molecule has 1 aromatic carbocycles. The number of hydrogen-bond donors (Lipinski definition) is 1. The number of carbonyl (C=O) groups is 2. The van der Waals surface area contributed by atoms with Gasteiger partial charge >= 0.3 is 6.09 Å². The Morgan fingerprint density at radius 3 is 2.65 bits per heavy atom. The van der Waals surface area contributed by atoms with Crippen molar-refractivity contribution in [3.8, 4) is 0 Å². The van der Waals surface area contributed by atoms with Crippen LogP contribution in [0.2, 0.25) is 0 Å². The predicted octanol–water partition coefficient (Wildman–Crippen LogP) is 1.20. The van der Waals surface area contributed by atoms with Crippen molar-refractivity contribution in [1.29, 1.82) is 0 Å². The lowest BCUT2D eigenvalue weighted by Crippen LogP contribution is -2.43. The fraction of sp³-hybridized carbons (Fsp3) is 0.500. The number of benzene rings is 1. The zero-order valence-electron chi connectivity index (χ0n) is 16.5. The first-order chi connectivity index (χ1) is 14.8. The molecule has 1 N–H and O–H groups in total. The quantitative estimate of drug-likeness (QED) is 0.746. The molecule has 0 aliphatic carbocycles. The number of ether oxygens (including phenoxy) is 1. The number of anilines is 2. The van der Waals surface area contributed by atoms with Gasteiger partial charge < -0.3 is 15.0 Å². The molecule has 0 radical (unpaired) electrons. The van der Waals surface area contributed by atoms with Crippen LogP contribution in [0.1, 0.15) is 19.4 Å². The van der Waals surface area contributed by atoms with Gasteiger partial charge in [0.2, 0.25) is 5.91 Å². The first-order valence-electron chi connectivity index (χ1n) is 9.66. The largest absolute Gasteiger partial charge is 0.442 e. The Kier molecular flexibility index (Phi) is 5.65. The Bertz CT molecular complexity index is 951. The third kappa shape index (κ3) is 4.25. The molecule has 31 heavy (non-hydrogen) atoms. The third-order valence-electron chi connectivity index (χ3n) is 5.29. The van der Waals surface area contributed by atoms with E-state index in [1.807, 2.05) is 0 Å². The molecule has 2 aromatic rings. The Morgan fingerprint density at radius 1 is 1.29 bits per heavy atom. The van der Waals surface area contributed by atoms with Crippen molar-refractivity contribution in [3.05, 3.63) is 30.1 Å². The van der Waals surface area contributed by atoms with Crippen molar-refractivity contribution < 1.29 is 27.5 Å². The van der Waals surface area contributed by atoms with Gasteiger partial charge in [-0.1, -0.05) is 0 Å². The van der Waals surface area contributed by atoms with Gasteiger partial charge in [0.1, 0.15) is 24.3 Å². The number of cyclic esters (lactones) is 1. The Hall–Kier alpha value is -3.38. The van der Waals surface area contributed by atoms with Gasteiger partial charge in [-0.05, 0) is 16.8 Å². The van der Waals surface area contributed by atoms with Gasteiger partial charge in [-0.25, -0.2) is 22.6 Å². The normalized spacial score (nSPS) is 23.7. The van der Waals surface area contributed by atoms with E-state index in [4.69, 9.17) is 4.74 Å². The average Bonchev–Trinajstić information content (AvgIpc) is 3.36. The number of carbonyl (C=O) groups excluding carboxylic acids is 2. The maximum absolute atomic E-state index is 14.8. The van der Waals surface area contributed by atoms with Crippen molar-refractivity contribution in [3.63, 3.8) is 0 Å². The Labute approximate surface area is 174 Å². The zero-order valence-corrected chi connectivity index (χ0v) is 16.5. The topological polar surface area (TPSA) is 105 Å². The van der Waals surface area contributed by atoms with Crippen LogP contribution in [0.3, 0.4) is 0 Å². The van der Waals surface area contributed by atoms with E-state index in [-0.39, 0.29) is 49.9 Å². The maximum Gasteiger partial charge on any atom is 0.414 e. The number of rotatable bonds is 5. The minimum atomic E-state index is -1.43. The van der Waals surface area contributed by atoms with Crippen LogP contribution in [0, 0.1) is 11.6 Å². The number of piperidine rings is 1. The molecule has 1 aromatic heterocycles. The molecule has 166 valence electrons. The molecule has 3 heterocycles. The molecule has 2 aliphatic heterocycles. The van der Waals surface area contributed by atoms with E-state index in [1.165, 1.54) is 22.8 Å². The van der Waals surface area contributed by atoms with Gasteiger partial charge in [-0.15, -0.1) is 5.10 Å². The van der Waals surface area contributed by atoms with Crippen LogP contribution in [0.25, 0.3) is 0 Å². The molecular weight excluding hydrogens is 419 g/mol. The van der Waals surface area contributed by atoms with Crippen LogP contribution in [-0.2, 0) is 9.53 Å². The van der Waals surface area contributed by atoms with Gasteiger partial charge in [-0.3, -0.25) is 9.69 Å². The van der Waals surface area contributed by atoms with Crippen LogP contribution in [-0.4, -0.2) is 70.7 Å². The maximum atomic E-state index is 14.8. The lowest BCUT2D eigenvalue weighted by Gasteiger charge is -2.36. The molecule has 10 nitrogen and oxygen atoms in total. The highest BCUT2D eigenvalue weighted by molar-refractivity contribution is 5.90. The molecular formula is C18H20F3N7O3. The van der Waals surface area contributed by atoms with Gasteiger partial charge in [0.15, 0.2) is 11.6 Å². The summed E-state index contributed by atoms with van der Waals surface area (Å²) in [4.78, 5) is 25.5. The fourth-order valence-electron chi connectivity index (χ4n) is 3.82. The SMILES string of the molecule is CC(=O)NCC1CN(c2cc(F)c(N3CCC(n4cnnn4)C(F)C3)c(F)c2)C(=O)O1. The fourth-order valence-corrected chi connectivity index (χ4v) is 3.82. The van der Waals surface area contributed by atoms with E-state index in [1.54, 1.807) is 0 Å². The molecule has 0 spiro atoms. The number of halogens is 3. The average molecular weight is 439 g/mol. The van der Waals surface area contributed by atoms with E-state index in [9.17, 15) is 22.8 Å². The highest BCUT2D eigenvalue weighted by Gasteiger charge is 2.36. The summed E-state index contributed by atoms with van der Waals surface area (Å²) in [7, 11) is 0. The second-order valence-electron chi connectivity index (χ2n) is 7.42. The van der Waals surface area contributed by atoms with E-state index in [0.29, 0.717) is 0 Å². The lowest BCUT2D eigenvalue weighted by atomic mass is 10.0. The summed E-state index contributed by atoms with van der Waals surface area (Å²) < 4.78 is 50.8. The number of tetrazole rings is 1. The second kappa shape index (κ2) is 8.40. The van der Waals surface area contributed by atoms with Gasteiger partial charge in [0.25, 0.3) is 0 Å². The first kappa shape index (κ1) is 20.9. The smallest absolute Gasteiger partial charge is 0.414 e. The molecule has 2 aliphatic rings. The summed E-state index contributed by atoms with van der Waals surface area (Å²) in [5, 5.41) is 13.2. The summed E-state index contributed by atoms with van der Waals surface area (Å²) in [5.74, 6) is -2.12. The van der Waals surface area contributed by atoms with Crippen LogP contribution in [0.5, 0.6) is 0 Å². The standard InChI is InChI=1S/C18H20F3N7O3/c1-10(29)22-6-12-7-27(18(30)31-12)11-4-13(19)17(14(20)5-11)26-3-2-16(15(21)8-26)28-9-23-24-25-28/h4-5,9,12,15-16H,2-3,6-8H2,1H3,(H,22,29). The van der Waals surface area contributed by atoms with Crippen LogP contribution in [0.15, 0.2) is 18.5 Å². The number of nitrogens with zero attached hydrogens (tertiary/aromatic N) is 6. The summed E-state index contributed by atoms with van der Waals surface area (Å²) in [6.45, 7) is 1.41. The number of aromatic nitrogens is 4. The van der Waals surface area contributed by atoms with Gasteiger partial charge in [-0.2, -0.15) is 0 Å². The van der Waals surface area contributed by atoms with E-state index in [2.05, 4.69) is 20.8 Å². The number of hydrogen-bond acceptors (Lipinski definition) is 7. The van der Waals surface area contributed by atoms with Crippen LogP contribution in [0.4, 0.5) is 29.3 Å². The second-order valence-corrected chi connectivity index (χ2v) is 7.42. The molecule has 2 saturated heterocycles. The highest BCUT2D eigenvalue weighted by atomic mass is 19.1. The molecule has 3 unspecified atom stereocenters. The molecule has 4 rings (SSSR count). The number of nitrogens with one attached hydrogen (secondary N) is 1. The van der Waals surface area contributed by atoms with Crippen molar-refractivity contribution >= 4 is 23.4 Å². The Balaban J connectivity index is 1.48. The van der Waals surface area contributed by atoms with E-state index in [0.717, 1.165) is 17.0 Å². The molecule has 3 atom stereocenters. The predicted molar refractivity (Wildman–Crippen MR) is 101 cm³/mol. The summed E-state index contributed by atoms with van der Waals surface area (Å²) in [6.07, 6.45) is -1.28. The van der Waals surface area contributed by atoms with Crippen LogP contribution >= 0.6 is 0 Å². The minimum absolute atomic E-state index is 0.0190. The van der Waals surface area contributed by atoms with Crippen molar-refractivity contribution in [2.24, 2.45) is 0 Å². The van der Waals surface area contributed by atoms with Crippen LogP contribution < -0.4 is 15.1 Å². The molecule has 2 fully saturated rings. The van der Waals surface area contributed by atoms with Crippen molar-refractivity contribution in [2.45, 2.75) is 31.7 Å². The van der Waals surface area contributed by atoms with Gasteiger partial charge in [0, 0.05) is 25.6 Å². The monoisotopic (exact) mass is 439 g/mol. The summed E-state index contributed by atoms with van der Waals surface area (Å²) in [5.41, 5.74) is -0.377.